The van der Waals surface area contributed by atoms with Crippen molar-refractivity contribution in [1.82, 2.24) is 9.80 Å². The summed E-state index contributed by atoms with van der Waals surface area (Å²) in [5.74, 6) is -0.0674. The molecule has 2 heterocycles. The van der Waals surface area contributed by atoms with Crippen molar-refractivity contribution in [1.29, 1.82) is 0 Å². The lowest BCUT2D eigenvalue weighted by Gasteiger charge is -2.31. The van der Waals surface area contributed by atoms with Crippen LogP contribution in [0.3, 0.4) is 0 Å². The second kappa shape index (κ2) is 8.42. The predicted octanol–water partition coefficient (Wildman–Crippen LogP) is 3.40. The number of amides is 2. The maximum atomic E-state index is 12.9. The van der Waals surface area contributed by atoms with E-state index in [0.29, 0.717) is 19.0 Å². The third-order valence-corrected chi connectivity index (χ3v) is 6.41. The zero-order valence-electron chi connectivity index (χ0n) is 16.2. The van der Waals surface area contributed by atoms with Crippen LogP contribution in [-0.2, 0) is 16.1 Å². The monoisotopic (exact) mass is 369 g/mol. The highest BCUT2D eigenvalue weighted by Crippen LogP contribution is 2.29. The van der Waals surface area contributed by atoms with Crippen LogP contribution in [0, 0.1) is 5.92 Å². The van der Waals surface area contributed by atoms with Gasteiger partial charge in [0.2, 0.25) is 11.8 Å². The first-order valence-corrected chi connectivity index (χ1v) is 10.6. The van der Waals surface area contributed by atoms with Gasteiger partial charge in [-0.15, -0.1) is 0 Å². The SMILES string of the molecule is O=C(Nc1ccccc1CN1CCCC1)C1CC(=O)N(C2CCCCC2)C1. The fourth-order valence-corrected chi connectivity index (χ4v) is 4.85. The number of carbonyl (C=O) groups excluding carboxylic acids is 2. The Morgan fingerprint density at radius 1 is 1.04 bits per heavy atom. The smallest absolute Gasteiger partial charge is 0.229 e. The highest BCUT2D eigenvalue weighted by atomic mass is 16.2. The number of nitrogens with zero attached hydrogens (tertiary/aromatic N) is 2. The van der Waals surface area contributed by atoms with Crippen molar-refractivity contribution in [2.75, 3.05) is 25.0 Å². The van der Waals surface area contributed by atoms with E-state index in [1.165, 1.54) is 37.7 Å². The van der Waals surface area contributed by atoms with Gasteiger partial charge in [0.25, 0.3) is 0 Å². The molecule has 2 saturated heterocycles. The van der Waals surface area contributed by atoms with Gasteiger partial charge in [0, 0.05) is 31.2 Å². The van der Waals surface area contributed by atoms with Crippen LogP contribution in [-0.4, -0.2) is 47.3 Å². The minimum atomic E-state index is -0.223. The molecular formula is C22H31N3O2. The summed E-state index contributed by atoms with van der Waals surface area (Å²) in [6.45, 7) is 3.74. The molecule has 0 spiro atoms. The molecule has 1 unspecified atom stereocenters. The third kappa shape index (κ3) is 4.34. The Kier molecular flexibility index (Phi) is 5.77. The third-order valence-electron chi connectivity index (χ3n) is 6.41. The summed E-state index contributed by atoms with van der Waals surface area (Å²) in [6.07, 6.45) is 8.75. The average molecular weight is 370 g/mol. The van der Waals surface area contributed by atoms with Crippen LogP contribution < -0.4 is 5.32 Å². The van der Waals surface area contributed by atoms with Crippen LogP contribution in [0.15, 0.2) is 24.3 Å². The maximum absolute atomic E-state index is 12.9. The highest BCUT2D eigenvalue weighted by Gasteiger charge is 2.38. The van der Waals surface area contributed by atoms with Crippen molar-refractivity contribution in [3.8, 4) is 0 Å². The lowest BCUT2D eigenvalue weighted by molar-refractivity contribution is -0.130. The highest BCUT2D eigenvalue weighted by molar-refractivity contribution is 5.97. The maximum Gasteiger partial charge on any atom is 0.229 e. The fraction of sp³-hybridized carbons (Fsp3) is 0.636. The molecule has 5 nitrogen and oxygen atoms in total. The Labute approximate surface area is 162 Å². The Morgan fingerprint density at radius 2 is 1.78 bits per heavy atom. The molecule has 0 aromatic heterocycles. The molecular weight excluding hydrogens is 338 g/mol. The molecule has 3 aliphatic rings. The number of benzene rings is 1. The lowest BCUT2D eigenvalue weighted by Crippen LogP contribution is -2.38. The molecule has 5 heteroatoms. The summed E-state index contributed by atoms with van der Waals surface area (Å²) in [6, 6.07) is 8.44. The van der Waals surface area contributed by atoms with E-state index in [1.807, 2.05) is 23.1 Å². The van der Waals surface area contributed by atoms with Gasteiger partial charge in [-0.2, -0.15) is 0 Å². The van der Waals surface area contributed by atoms with E-state index in [0.717, 1.165) is 38.2 Å². The summed E-state index contributed by atoms with van der Waals surface area (Å²) in [5.41, 5.74) is 2.07. The second-order valence-electron chi connectivity index (χ2n) is 8.37. The number of rotatable bonds is 5. The van der Waals surface area contributed by atoms with Crippen LogP contribution >= 0.6 is 0 Å². The van der Waals surface area contributed by atoms with Crippen molar-refractivity contribution in [2.45, 2.75) is 64.0 Å². The Hall–Kier alpha value is -1.88. The quantitative estimate of drug-likeness (QED) is 0.865. The van der Waals surface area contributed by atoms with Crippen LogP contribution in [0.5, 0.6) is 0 Å². The molecule has 0 bridgehead atoms. The molecule has 1 aromatic rings. The molecule has 1 aliphatic carbocycles. The minimum Gasteiger partial charge on any atom is -0.339 e. The topological polar surface area (TPSA) is 52.7 Å². The van der Waals surface area contributed by atoms with Gasteiger partial charge in [-0.1, -0.05) is 37.5 Å². The van der Waals surface area contributed by atoms with Gasteiger partial charge in [-0.25, -0.2) is 0 Å². The van der Waals surface area contributed by atoms with E-state index in [4.69, 9.17) is 0 Å². The summed E-state index contributed by atoms with van der Waals surface area (Å²) in [7, 11) is 0. The Balaban J connectivity index is 1.38. The number of hydrogen-bond donors (Lipinski definition) is 1. The molecule has 27 heavy (non-hydrogen) atoms. The molecule has 2 amide bonds. The van der Waals surface area contributed by atoms with Crippen molar-refractivity contribution in [3.63, 3.8) is 0 Å². The van der Waals surface area contributed by atoms with E-state index >= 15 is 0 Å². The molecule has 1 saturated carbocycles. The Morgan fingerprint density at radius 3 is 2.56 bits per heavy atom. The zero-order chi connectivity index (χ0) is 18.6. The summed E-state index contributed by atoms with van der Waals surface area (Å²) in [4.78, 5) is 29.8. The van der Waals surface area contributed by atoms with Crippen molar-refractivity contribution >= 4 is 17.5 Å². The fourth-order valence-electron chi connectivity index (χ4n) is 4.85. The number of carbonyl (C=O) groups is 2. The van der Waals surface area contributed by atoms with Gasteiger partial charge in [0.05, 0.1) is 5.92 Å². The summed E-state index contributed by atoms with van der Waals surface area (Å²) in [5, 5.41) is 3.13. The van der Waals surface area contributed by atoms with Gasteiger partial charge in [0.1, 0.15) is 0 Å². The number of para-hydroxylation sites is 1. The first-order valence-electron chi connectivity index (χ1n) is 10.6. The molecule has 3 fully saturated rings. The Bertz CT molecular complexity index is 678. The first kappa shape index (κ1) is 18.5. The number of likely N-dealkylation sites (tertiary alicyclic amines) is 2. The minimum absolute atomic E-state index is 0.00414. The standard InChI is InChI=1S/C22H31N3O2/c26-21-14-18(16-25(21)19-9-2-1-3-10-19)22(27)23-20-11-5-4-8-17(20)15-24-12-6-7-13-24/h4-5,8,11,18-19H,1-3,6-7,9-10,12-16H2,(H,23,27). The lowest BCUT2D eigenvalue weighted by atomic mass is 9.94. The molecule has 1 N–H and O–H groups in total. The largest absolute Gasteiger partial charge is 0.339 e. The number of anilines is 1. The van der Waals surface area contributed by atoms with E-state index in [1.54, 1.807) is 0 Å². The van der Waals surface area contributed by atoms with Gasteiger partial charge >= 0.3 is 0 Å². The van der Waals surface area contributed by atoms with Crippen molar-refractivity contribution in [2.24, 2.45) is 5.92 Å². The molecule has 1 atom stereocenters. The molecule has 0 radical (unpaired) electrons. The van der Waals surface area contributed by atoms with Gasteiger partial charge in [0.15, 0.2) is 0 Å². The number of nitrogens with one attached hydrogen (secondary N) is 1. The van der Waals surface area contributed by atoms with Gasteiger partial charge < -0.3 is 10.2 Å². The van der Waals surface area contributed by atoms with Crippen LogP contribution in [0.25, 0.3) is 0 Å². The van der Waals surface area contributed by atoms with Gasteiger partial charge in [-0.05, 0) is 50.4 Å². The zero-order valence-corrected chi connectivity index (χ0v) is 16.2. The second-order valence-corrected chi connectivity index (χ2v) is 8.37. The molecule has 146 valence electrons. The normalized spacial score (nSPS) is 24.5. The summed E-state index contributed by atoms with van der Waals surface area (Å²) >= 11 is 0. The molecule has 4 rings (SSSR count). The molecule has 2 aliphatic heterocycles. The molecule has 1 aromatic carbocycles. The van der Waals surface area contributed by atoms with Crippen LogP contribution in [0.4, 0.5) is 5.69 Å². The van der Waals surface area contributed by atoms with E-state index in [2.05, 4.69) is 16.3 Å². The van der Waals surface area contributed by atoms with Crippen LogP contribution in [0.2, 0.25) is 0 Å². The van der Waals surface area contributed by atoms with Crippen LogP contribution in [0.1, 0.15) is 56.9 Å². The summed E-state index contributed by atoms with van der Waals surface area (Å²) < 4.78 is 0. The van der Waals surface area contributed by atoms with E-state index in [9.17, 15) is 9.59 Å². The van der Waals surface area contributed by atoms with E-state index < -0.39 is 0 Å². The van der Waals surface area contributed by atoms with Crippen molar-refractivity contribution < 1.29 is 9.59 Å². The number of hydrogen-bond acceptors (Lipinski definition) is 3. The average Bonchev–Trinajstić information content (AvgIpc) is 3.34. The van der Waals surface area contributed by atoms with Gasteiger partial charge in [-0.3, -0.25) is 14.5 Å². The van der Waals surface area contributed by atoms with Crippen molar-refractivity contribution in [3.05, 3.63) is 29.8 Å². The predicted molar refractivity (Wildman–Crippen MR) is 106 cm³/mol. The van der Waals surface area contributed by atoms with E-state index in [-0.39, 0.29) is 17.7 Å². The first-order chi connectivity index (χ1) is 13.2.